The van der Waals surface area contributed by atoms with Gasteiger partial charge in [0.2, 0.25) is 5.78 Å². The lowest BCUT2D eigenvalue weighted by molar-refractivity contribution is 0.0690. The zero-order valence-corrected chi connectivity index (χ0v) is 15.0. The third-order valence-corrected chi connectivity index (χ3v) is 4.65. The number of hydrogen-bond acceptors (Lipinski definition) is 5. The van der Waals surface area contributed by atoms with Crippen molar-refractivity contribution in [1.82, 2.24) is 9.55 Å². The molecule has 0 unspecified atom stereocenters. The number of nitrogens with two attached hydrogens (primary N) is 1. The van der Waals surface area contributed by atoms with Gasteiger partial charge in [0.15, 0.2) is 0 Å². The van der Waals surface area contributed by atoms with Gasteiger partial charge < -0.3 is 20.1 Å². The molecule has 3 N–H and O–H groups in total. The molecule has 140 valence electrons. The maximum absolute atomic E-state index is 13.3. The lowest BCUT2D eigenvalue weighted by Gasteiger charge is -2.11. The van der Waals surface area contributed by atoms with Crippen molar-refractivity contribution in [3.63, 3.8) is 0 Å². The highest BCUT2D eigenvalue weighted by atomic mass is 16.5. The molecule has 0 bridgehead atoms. The van der Waals surface area contributed by atoms with E-state index in [2.05, 4.69) is 4.98 Å². The topological polar surface area (TPSA) is 107 Å². The Bertz CT molecular complexity index is 1240. The molecule has 28 heavy (non-hydrogen) atoms. The lowest BCUT2D eigenvalue weighted by Crippen LogP contribution is -2.13. The Kier molecular flexibility index (Phi) is 4.29. The van der Waals surface area contributed by atoms with Crippen LogP contribution >= 0.6 is 0 Å². The number of carboxylic acids is 1. The molecule has 7 heteroatoms. The molecule has 2 heterocycles. The minimum absolute atomic E-state index is 0.0288. The molecule has 0 saturated heterocycles. The molecule has 0 fully saturated rings. The number of carboxylic acid groups (broad SMARTS) is 1. The van der Waals surface area contributed by atoms with Gasteiger partial charge in [-0.15, -0.1) is 0 Å². The van der Waals surface area contributed by atoms with E-state index in [0.29, 0.717) is 16.6 Å². The summed E-state index contributed by atoms with van der Waals surface area (Å²) in [6.07, 6.45) is 0. The highest BCUT2D eigenvalue weighted by Crippen LogP contribution is 2.32. The van der Waals surface area contributed by atoms with Gasteiger partial charge in [-0.1, -0.05) is 30.3 Å². The van der Waals surface area contributed by atoms with Gasteiger partial charge in [0, 0.05) is 29.1 Å². The number of hydrogen-bond donors (Lipinski definition) is 2. The van der Waals surface area contributed by atoms with Crippen LogP contribution in [0.4, 0.5) is 5.69 Å². The van der Waals surface area contributed by atoms with Gasteiger partial charge in [0.25, 0.3) is 0 Å². The number of rotatable bonds is 5. The van der Waals surface area contributed by atoms with Gasteiger partial charge in [-0.3, -0.25) is 4.79 Å². The fourth-order valence-corrected chi connectivity index (χ4v) is 3.44. The van der Waals surface area contributed by atoms with Crippen molar-refractivity contribution >= 4 is 39.2 Å². The minimum atomic E-state index is -1.21. The minimum Gasteiger partial charge on any atom is -0.477 e. The summed E-state index contributed by atoms with van der Waals surface area (Å²) in [7, 11) is 1.55. The number of nitrogens with zero attached hydrogens (tertiary/aromatic N) is 2. The number of methoxy groups -OCH3 is 1. The maximum atomic E-state index is 13.3. The van der Waals surface area contributed by atoms with E-state index in [-0.39, 0.29) is 23.7 Å². The number of nitrogen functional groups attached to an aromatic ring is 1. The van der Waals surface area contributed by atoms with Crippen molar-refractivity contribution in [2.24, 2.45) is 0 Å². The predicted octanol–water partition coefficient (Wildman–Crippen LogP) is 3.30. The number of aromatic nitrogens is 2. The third kappa shape index (κ3) is 2.69. The molecule has 7 nitrogen and oxygen atoms in total. The summed E-state index contributed by atoms with van der Waals surface area (Å²) in [6, 6.07) is 15.6. The molecule has 4 aromatic rings. The summed E-state index contributed by atoms with van der Waals surface area (Å²) in [5, 5.41) is 11.0. The van der Waals surface area contributed by atoms with E-state index in [4.69, 9.17) is 10.5 Å². The Morgan fingerprint density at radius 2 is 1.82 bits per heavy atom. The van der Waals surface area contributed by atoms with E-state index in [1.807, 2.05) is 28.8 Å². The number of carbonyl (C=O) groups excluding carboxylic acids is 1. The first-order valence-electron chi connectivity index (χ1n) is 8.56. The van der Waals surface area contributed by atoms with E-state index >= 15 is 0 Å². The number of anilines is 1. The van der Waals surface area contributed by atoms with Gasteiger partial charge in [-0.25, -0.2) is 9.78 Å². The van der Waals surface area contributed by atoms with Crippen LogP contribution in [0.15, 0.2) is 54.6 Å². The Morgan fingerprint density at radius 3 is 2.54 bits per heavy atom. The van der Waals surface area contributed by atoms with Gasteiger partial charge in [0.1, 0.15) is 18.1 Å². The van der Waals surface area contributed by atoms with E-state index in [0.717, 1.165) is 10.9 Å². The van der Waals surface area contributed by atoms with Crippen molar-refractivity contribution in [2.45, 2.75) is 6.73 Å². The molecule has 0 saturated carbocycles. The highest BCUT2D eigenvalue weighted by Gasteiger charge is 2.24. The van der Waals surface area contributed by atoms with Crippen molar-refractivity contribution in [1.29, 1.82) is 0 Å². The fraction of sp³-hybridized carbons (Fsp3) is 0.0952. The molecule has 0 atom stereocenters. The molecule has 2 aromatic carbocycles. The number of pyridine rings is 1. The Labute approximate surface area is 160 Å². The Hall–Kier alpha value is -3.71. The zero-order valence-electron chi connectivity index (χ0n) is 15.0. The van der Waals surface area contributed by atoms with E-state index < -0.39 is 11.8 Å². The largest absolute Gasteiger partial charge is 0.477 e. The van der Waals surface area contributed by atoms with Crippen molar-refractivity contribution in [3.05, 3.63) is 71.5 Å². The van der Waals surface area contributed by atoms with Crippen LogP contribution in [-0.4, -0.2) is 33.5 Å². The van der Waals surface area contributed by atoms with Crippen LogP contribution in [0.25, 0.3) is 21.8 Å². The predicted molar refractivity (Wildman–Crippen MR) is 105 cm³/mol. The smallest absolute Gasteiger partial charge is 0.354 e. The molecule has 0 spiro atoms. The number of ketones is 1. The van der Waals surface area contributed by atoms with Crippen LogP contribution in [0, 0.1) is 0 Å². The molecular weight excluding hydrogens is 358 g/mol. The van der Waals surface area contributed by atoms with Crippen LogP contribution in [-0.2, 0) is 11.5 Å². The van der Waals surface area contributed by atoms with Gasteiger partial charge in [0.05, 0.1) is 11.0 Å². The summed E-state index contributed by atoms with van der Waals surface area (Å²) in [5.41, 5.74) is 7.71. The maximum Gasteiger partial charge on any atom is 0.354 e. The Balaban J connectivity index is 2.13. The second-order valence-electron chi connectivity index (χ2n) is 6.34. The standard InChI is InChI=1S/C21H17N3O4/c1-28-11-24-17-9-5-3-6-12(17)14-10-16(21(26)27)23-18(19(14)24)20(25)13-7-2-4-8-15(13)22/h2-10H,11,22H2,1H3,(H,26,27). The van der Waals surface area contributed by atoms with E-state index in [1.54, 1.807) is 31.4 Å². The van der Waals surface area contributed by atoms with Gasteiger partial charge in [-0.2, -0.15) is 0 Å². The SMILES string of the molecule is COCn1c2ccccc2c2cc(C(=O)O)nc(C(=O)c3ccccc3N)c21. The monoisotopic (exact) mass is 375 g/mol. The second-order valence-corrected chi connectivity index (χ2v) is 6.34. The molecule has 0 aliphatic carbocycles. The normalized spacial score (nSPS) is 11.2. The molecule has 4 rings (SSSR count). The highest BCUT2D eigenvalue weighted by molar-refractivity contribution is 6.21. The second kappa shape index (κ2) is 6.79. The summed E-state index contributed by atoms with van der Waals surface area (Å²) in [6.45, 7) is 0.183. The first-order chi connectivity index (χ1) is 13.5. The molecular formula is C21H17N3O4. The first kappa shape index (κ1) is 17.7. The molecule has 0 aliphatic heterocycles. The number of benzene rings is 2. The molecule has 0 amide bonds. The molecule has 0 aliphatic rings. The molecule has 0 radical (unpaired) electrons. The third-order valence-electron chi connectivity index (χ3n) is 4.65. The van der Waals surface area contributed by atoms with Gasteiger partial charge >= 0.3 is 5.97 Å². The number of ether oxygens (including phenoxy) is 1. The zero-order chi connectivity index (χ0) is 19.8. The fourth-order valence-electron chi connectivity index (χ4n) is 3.44. The van der Waals surface area contributed by atoms with Crippen molar-refractivity contribution < 1.29 is 19.4 Å². The lowest BCUT2D eigenvalue weighted by atomic mass is 10.0. The molecule has 2 aromatic heterocycles. The number of fused-ring (bicyclic) bond motifs is 3. The summed E-state index contributed by atoms with van der Waals surface area (Å²) >= 11 is 0. The number of carbonyl (C=O) groups is 2. The van der Waals surface area contributed by atoms with E-state index in [9.17, 15) is 14.7 Å². The number of para-hydroxylation sites is 2. The van der Waals surface area contributed by atoms with Gasteiger partial charge in [-0.05, 0) is 24.3 Å². The summed E-state index contributed by atoms with van der Waals surface area (Å²) in [4.78, 5) is 29.1. The van der Waals surface area contributed by atoms with Crippen molar-refractivity contribution in [3.8, 4) is 0 Å². The number of aromatic carboxylic acids is 1. The van der Waals surface area contributed by atoms with Crippen LogP contribution in [0.2, 0.25) is 0 Å². The summed E-state index contributed by atoms with van der Waals surface area (Å²) < 4.78 is 7.14. The first-order valence-corrected chi connectivity index (χ1v) is 8.56. The van der Waals surface area contributed by atoms with Crippen LogP contribution < -0.4 is 5.73 Å². The average molecular weight is 375 g/mol. The Morgan fingerprint density at radius 1 is 1.11 bits per heavy atom. The quantitative estimate of drug-likeness (QED) is 0.409. The van der Waals surface area contributed by atoms with E-state index in [1.165, 1.54) is 6.07 Å². The summed E-state index contributed by atoms with van der Waals surface area (Å²) in [5.74, 6) is -1.65. The van der Waals surface area contributed by atoms with Crippen molar-refractivity contribution in [2.75, 3.05) is 12.8 Å². The van der Waals surface area contributed by atoms with Crippen LogP contribution in [0.1, 0.15) is 26.5 Å². The van der Waals surface area contributed by atoms with Crippen LogP contribution in [0.5, 0.6) is 0 Å². The average Bonchev–Trinajstić information content (AvgIpc) is 3.01. The van der Waals surface area contributed by atoms with Crippen LogP contribution in [0.3, 0.4) is 0 Å².